The van der Waals surface area contributed by atoms with E-state index in [9.17, 15) is 4.79 Å². The maximum absolute atomic E-state index is 10.1. The number of allylic oxidation sites excluding steroid dienone is 2. The van der Waals surface area contributed by atoms with E-state index in [-0.39, 0.29) is 5.92 Å². The molecule has 0 fully saturated rings. The minimum absolute atomic E-state index is 0.115. The van der Waals surface area contributed by atoms with Crippen LogP contribution in [0.2, 0.25) is 0 Å². The topological polar surface area (TPSA) is 17.1 Å². The summed E-state index contributed by atoms with van der Waals surface area (Å²) in [6.07, 6.45) is 12.0. The molecule has 0 aliphatic rings. The molecular formula is C11H19O. The van der Waals surface area contributed by atoms with Gasteiger partial charge < -0.3 is 0 Å². The minimum Gasteiger partial charge on any atom is -0.291 e. The fraction of sp³-hybridized carbons (Fsp3) is 0.727. The molecule has 1 radical (unpaired) electrons. The third-order valence-corrected chi connectivity index (χ3v) is 1.83. The Morgan fingerprint density at radius 3 is 2.58 bits per heavy atom. The van der Waals surface area contributed by atoms with Crippen molar-refractivity contribution in [2.45, 2.75) is 46.0 Å². The van der Waals surface area contributed by atoms with Crippen LogP contribution in [0, 0.1) is 5.92 Å². The maximum atomic E-state index is 10.1. The molecule has 0 saturated carbocycles. The quantitative estimate of drug-likeness (QED) is 0.420. The Bertz CT molecular complexity index is 127. The van der Waals surface area contributed by atoms with Gasteiger partial charge in [0.05, 0.1) is 0 Å². The first-order valence-corrected chi connectivity index (χ1v) is 4.84. The Morgan fingerprint density at radius 1 is 1.33 bits per heavy atom. The predicted molar refractivity (Wildman–Crippen MR) is 52.8 cm³/mol. The molecular weight excluding hydrogens is 148 g/mol. The van der Waals surface area contributed by atoms with Crippen LogP contribution in [0.25, 0.3) is 0 Å². The molecule has 0 spiro atoms. The molecule has 69 valence electrons. The summed E-state index contributed by atoms with van der Waals surface area (Å²) in [5.41, 5.74) is 0. The van der Waals surface area contributed by atoms with Crippen molar-refractivity contribution in [2.24, 2.45) is 5.92 Å². The summed E-state index contributed by atoms with van der Waals surface area (Å²) < 4.78 is 0. The Morgan fingerprint density at radius 2 is 2.00 bits per heavy atom. The molecule has 0 amide bonds. The summed E-state index contributed by atoms with van der Waals surface area (Å²) in [7, 11) is 0. The molecule has 0 aliphatic carbocycles. The van der Waals surface area contributed by atoms with Crippen LogP contribution in [0.3, 0.4) is 0 Å². The Balaban J connectivity index is 3.14. The lowest BCUT2D eigenvalue weighted by molar-refractivity contribution is 0.514. The first-order valence-electron chi connectivity index (χ1n) is 4.84. The van der Waals surface area contributed by atoms with Crippen LogP contribution < -0.4 is 0 Å². The normalized spacial score (nSPS) is 13.5. The van der Waals surface area contributed by atoms with Crippen molar-refractivity contribution in [1.29, 1.82) is 0 Å². The van der Waals surface area contributed by atoms with E-state index in [1.165, 1.54) is 12.8 Å². The average Bonchev–Trinajstić information content (AvgIpc) is 2.10. The highest BCUT2D eigenvalue weighted by Gasteiger charge is 1.97. The standard InChI is InChI=1S/C11H19O/c1-3-4-5-6-7-8-9-11(2)10-12/h5-6,11H,3-4,7-9H2,1-2H3/b6-5+. The summed E-state index contributed by atoms with van der Waals surface area (Å²) >= 11 is 0. The Kier molecular flexibility index (Phi) is 8.09. The second kappa shape index (κ2) is 8.51. The molecule has 0 bridgehead atoms. The Hall–Kier alpha value is -0.590. The Labute approximate surface area is 75.9 Å². The van der Waals surface area contributed by atoms with E-state index >= 15 is 0 Å². The zero-order chi connectivity index (χ0) is 9.23. The lowest BCUT2D eigenvalue weighted by Crippen LogP contribution is -1.93. The van der Waals surface area contributed by atoms with Gasteiger partial charge in [-0.05, 0) is 25.7 Å². The summed E-state index contributed by atoms with van der Waals surface area (Å²) in [6.45, 7) is 4.09. The van der Waals surface area contributed by atoms with Gasteiger partial charge in [-0.2, -0.15) is 0 Å². The molecule has 1 unspecified atom stereocenters. The zero-order valence-electron chi connectivity index (χ0n) is 8.18. The van der Waals surface area contributed by atoms with Crippen molar-refractivity contribution in [3.8, 4) is 0 Å². The molecule has 0 heterocycles. The van der Waals surface area contributed by atoms with Crippen LogP contribution in [0.5, 0.6) is 0 Å². The molecule has 0 N–H and O–H groups in total. The predicted octanol–water partition coefficient (Wildman–Crippen LogP) is 3.26. The summed E-state index contributed by atoms with van der Waals surface area (Å²) in [4.78, 5) is 10.1. The minimum atomic E-state index is 0.115. The number of hydrogen-bond donors (Lipinski definition) is 0. The van der Waals surface area contributed by atoms with E-state index in [1.807, 2.05) is 13.2 Å². The molecule has 12 heavy (non-hydrogen) atoms. The van der Waals surface area contributed by atoms with Gasteiger partial charge in [-0.1, -0.05) is 32.4 Å². The highest BCUT2D eigenvalue weighted by molar-refractivity contribution is 5.53. The van der Waals surface area contributed by atoms with Gasteiger partial charge in [0.15, 0.2) is 0 Å². The third kappa shape index (κ3) is 7.52. The van der Waals surface area contributed by atoms with Gasteiger partial charge in [0.2, 0.25) is 6.29 Å². The molecule has 0 aromatic heterocycles. The van der Waals surface area contributed by atoms with Crippen molar-refractivity contribution in [1.82, 2.24) is 0 Å². The average molecular weight is 167 g/mol. The van der Waals surface area contributed by atoms with Crippen molar-refractivity contribution >= 4 is 6.29 Å². The molecule has 1 atom stereocenters. The van der Waals surface area contributed by atoms with E-state index in [2.05, 4.69) is 19.1 Å². The first kappa shape index (κ1) is 11.4. The van der Waals surface area contributed by atoms with Gasteiger partial charge in [0, 0.05) is 5.92 Å². The number of hydrogen-bond acceptors (Lipinski definition) is 1. The molecule has 1 heteroatoms. The van der Waals surface area contributed by atoms with Crippen molar-refractivity contribution < 1.29 is 4.79 Å². The van der Waals surface area contributed by atoms with Gasteiger partial charge in [-0.15, -0.1) is 0 Å². The third-order valence-electron chi connectivity index (χ3n) is 1.83. The zero-order valence-corrected chi connectivity index (χ0v) is 8.18. The van der Waals surface area contributed by atoms with Crippen LogP contribution in [0.15, 0.2) is 12.2 Å². The van der Waals surface area contributed by atoms with Crippen molar-refractivity contribution in [3.63, 3.8) is 0 Å². The van der Waals surface area contributed by atoms with E-state index in [1.54, 1.807) is 0 Å². The van der Waals surface area contributed by atoms with Gasteiger partial charge in [-0.3, -0.25) is 4.79 Å². The molecule has 0 aromatic rings. The van der Waals surface area contributed by atoms with Gasteiger partial charge >= 0.3 is 0 Å². The van der Waals surface area contributed by atoms with Crippen molar-refractivity contribution in [3.05, 3.63) is 12.2 Å². The fourth-order valence-corrected chi connectivity index (χ4v) is 1.00. The van der Waals surface area contributed by atoms with Crippen LogP contribution in [-0.2, 0) is 4.79 Å². The monoisotopic (exact) mass is 167 g/mol. The largest absolute Gasteiger partial charge is 0.291 e. The van der Waals surface area contributed by atoms with E-state index < -0.39 is 0 Å². The van der Waals surface area contributed by atoms with Crippen molar-refractivity contribution in [2.75, 3.05) is 0 Å². The number of carbonyl (C=O) groups excluding carboxylic acids is 1. The van der Waals surface area contributed by atoms with E-state index in [0.717, 1.165) is 19.3 Å². The smallest absolute Gasteiger partial charge is 0.201 e. The molecule has 0 saturated heterocycles. The van der Waals surface area contributed by atoms with Gasteiger partial charge in [0.1, 0.15) is 0 Å². The number of unbranched alkanes of at least 4 members (excludes halogenated alkanes) is 2. The molecule has 0 rings (SSSR count). The maximum Gasteiger partial charge on any atom is 0.201 e. The summed E-state index contributed by atoms with van der Waals surface area (Å²) in [6, 6.07) is 0. The lowest BCUT2D eigenvalue weighted by atomic mass is 10.1. The summed E-state index contributed by atoms with van der Waals surface area (Å²) in [5.74, 6) is 0.115. The van der Waals surface area contributed by atoms with Gasteiger partial charge in [-0.25, -0.2) is 0 Å². The van der Waals surface area contributed by atoms with Crippen LogP contribution >= 0.6 is 0 Å². The lowest BCUT2D eigenvalue weighted by Gasteiger charge is -1.98. The van der Waals surface area contributed by atoms with Crippen LogP contribution in [-0.4, -0.2) is 6.29 Å². The van der Waals surface area contributed by atoms with Gasteiger partial charge in [0.25, 0.3) is 0 Å². The SMILES string of the molecule is CCC/C=C/CCCC(C)[C]=O. The highest BCUT2D eigenvalue weighted by Crippen LogP contribution is 2.05. The van der Waals surface area contributed by atoms with Crippen LogP contribution in [0.4, 0.5) is 0 Å². The fourth-order valence-electron chi connectivity index (χ4n) is 1.00. The molecule has 1 nitrogen and oxygen atoms in total. The summed E-state index contributed by atoms with van der Waals surface area (Å²) in [5, 5.41) is 0. The van der Waals surface area contributed by atoms with Crippen LogP contribution in [0.1, 0.15) is 46.0 Å². The van der Waals surface area contributed by atoms with E-state index in [0.29, 0.717) is 0 Å². The number of rotatable bonds is 7. The second-order valence-electron chi connectivity index (χ2n) is 3.21. The first-order chi connectivity index (χ1) is 5.81. The molecule has 0 aliphatic heterocycles. The van der Waals surface area contributed by atoms with E-state index in [4.69, 9.17) is 0 Å². The molecule has 0 aromatic carbocycles. The highest BCUT2D eigenvalue weighted by atomic mass is 16.1. The second-order valence-corrected chi connectivity index (χ2v) is 3.21.